The zero-order valence-electron chi connectivity index (χ0n) is 14.5. The number of nitrogens with one attached hydrogen (secondary N) is 1. The normalized spacial score (nSPS) is 11.0. The Morgan fingerprint density at radius 1 is 1.27 bits per heavy atom. The number of carbonyl (C=O) groups excluding carboxylic acids is 1. The number of halogens is 1. The molecule has 0 saturated carbocycles. The molecule has 0 spiro atoms. The van der Waals surface area contributed by atoms with Gasteiger partial charge in [0.05, 0.1) is 23.2 Å². The van der Waals surface area contributed by atoms with Gasteiger partial charge in [-0.2, -0.15) is 10.2 Å². The number of rotatable bonds is 5. The number of hydrogen-bond donors (Lipinski definition) is 1. The van der Waals surface area contributed by atoms with Crippen LogP contribution in [0.1, 0.15) is 34.2 Å². The van der Waals surface area contributed by atoms with E-state index in [1.54, 1.807) is 16.9 Å². The van der Waals surface area contributed by atoms with Gasteiger partial charge in [-0.15, -0.1) is 0 Å². The highest BCUT2D eigenvalue weighted by atomic mass is 35.5. The molecule has 1 aromatic carbocycles. The summed E-state index contributed by atoms with van der Waals surface area (Å²) in [6, 6.07) is 13.1. The fourth-order valence-electron chi connectivity index (χ4n) is 2.38. The smallest absolute Gasteiger partial charge is 0.266 e. The second-order valence-electron chi connectivity index (χ2n) is 5.64. The number of aryl methyl sites for hydroxylation is 2. The Morgan fingerprint density at radius 2 is 2.04 bits per heavy atom. The number of amides is 1. The van der Waals surface area contributed by atoms with Crippen LogP contribution in [0.25, 0.3) is 5.69 Å². The third-order valence-corrected chi connectivity index (χ3v) is 4.24. The molecule has 2 aromatic heterocycles. The number of benzene rings is 1. The van der Waals surface area contributed by atoms with Crippen LogP contribution in [0.2, 0.25) is 5.15 Å². The van der Waals surface area contributed by atoms with E-state index in [9.17, 15) is 4.79 Å². The SMILES string of the molecule is CCc1ccc(C(=O)NN=Cc2c(C)nn(-c3ccccc3)c2Cl)nc1. The van der Waals surface area contributed by atoms with Gasteiger partial charge in [0.15, 0.2) is 0 Å². The molecule has 132 valence electrons. The molecule has 1 amide bonds. The molecule has 7 heteroatoms. The van der Waals surface area contributed by atoms with Gasteiger partial charge in [-0.05, 0) is 37.1 Å². The molecule has 0 radical (unpaired) electrons. The van der Waals surface area contributed by atoms with Crippen molar-refractivity contribution in [1.29, 1.82) is 0 Å². The lowest BCUT2D eigenvalue weighted by Gasteiger charge is -2.02. The molecule has 0 aliphatic rings. The third-order valence-electron chi connectivity index (χ3n) is 3.87. The van der Waals surface area contributed by atoms with Gasteiger partial charge in [0, 0.05) is 6.20 Å². The molecule has 0 unspecified atom stereocenters. The second kappa shape index (κ2) is 7.93. The first-order chi connectivity index (χ1) is 12.6. The number of hydrogen-bond acceptors (Lipinski definition) is 4. The lowest BCUT2D eigenvalue weighted by atomic mass is 10.2. The first-order valence-electron chi connectivity index (χ1n) is 8.19. The Morgan fingerprint density at radius 3 is 2.69 bits per heavy atom. The number of pyridine rings is 1. The second-order valence-corrected chi connectivity index (χ2v) is 6.00. The molecule has 26 heavy (non-hydrogen) atoms. The predicted octanol–water partition coefficient (Wildman–Crippen LogP) is 3.56. The highest BCUT2D eigenvalue weighted by Gasteiger charge is 2.13. The zero-order valence-corrected chi connectivity index (χ0v) is 15.2. The van der Waals surface area contributed by atoms with E-state index in [2.05, 4.69) is 20.6 Å². The van der Waals surface area contributed by atoms with Gasteiger partial charge in [0.2, 0.25) is 0 Å². The molecule has 2 heterocycles. The summed E-state index contributed by atoms with van der Waals surface area (Å²) in [5.74, 6) is -0.381. The molecule has 3 aromatic rings. The maximum Gasteiger partial charge on any atom is 0.289 e. The van der Waals surface area contributed by atoms with Crippen LogP contribution in [0, 0.1) is 6.92 Å². The van der Waals surface area contributed by atoms with Gasteiger partial charge >= 0.3 is 0 Å². The summed E-state index contributed by atoms with van der Waals surface area (Å²) in [7, 11) is 0. The summed E-state index contributed by atoms with van der Waals surface area (Å²) in [5, 5.41) is 8.84. The lowest BCUT2D eigenvalue weighted by molar-refractivity contribution is 0.0950. The molecule has 3 rings (SSSR count). The summed E-state index contributed by atoms with van der Waals surface area (Å²) in [6.07, 6.45) is 4.04. The van der Waals surface area contributed by atoms with Crippen LogP contribution in [-0.2, 0) is 6.42 Å². The van der Waals surface area contributed by atoms with Crippen LogP contribution in [0.4, 0.5) is 0 Å². The van der Waals surface area contributed by atoms with Gasteiger partial charge in [-0.1, -0.05) is 42.8 Å². The molecule has 0 saturated heterocycles. The van der Waals surface area contributed by atoms with E-state index in [-0.39, 0.29) is 5.91 Å². The van der Waals surface area contributed by atoms with Crippen LogP contribution in [0.5, 0.6) is 0 Å². The molecule has 0 aliphatic carbocycles. The number of para-hydroxylation sites is 1. The first-order valence-corrected chi connectivity index (χ1v) is 8.56. The summed E-state index contributed by atoms with van der Waals surface area (Å²) in [4.78, 5) is 16.2. The van der Waals surface area contributed by atoms with Crippen molar-refractivity contribution in [2.24, 2.45) is 5.10 Å². The van der Waals surface area contributed by atoms with Gasteiger partial charge < -0.3 is 0 Å². The number of carbonyl (C=O) groups is 1. The fourth-order valence-corrected chi connectivity index (χ4v) is 2.70. The third kappa shape index (κ3) is 3.81. The number of hydrazone groups is 1. The predicted molar refractivity (Wildman–Crippen MR) is 102 cm³/mol. The van der Waals surface area contributed by atoms with Crippen molar-refractivity contribution in [2.75, 3.05) is 0 Å². The quantitative estimate of drug-likeness (QED) is 0.553. The lowest BCUT2D eigenvalue weighted by Crippen LogP contribution is -2.19. The minimum absolute atomic E-state index is 0.308. The van der Waals surface area contributed by atoms with Crippen LogP contribution >= 0.6 is 11.6 Å². The van der Waals surface area contributed by atoms with Gasteiger partial charge in [-0.25, -0.2) is 10.1 Å². The standard InChI is InChI=1S/C19H18ClN5O/c1-3-14-9-10-17(21-11-14)19(26)23-22-12-16-13(2)24-25(18(16)20)15-7-5-4-6-8-15/h4-12H,3H2,1-2H3,(H,23,26). The molecule has 0 bridgehead atoms. The summed E-state index contributed by atoms with van der Waals surface area (Å²) >= 11 is 6.41. The van der Waals surface area contributed by atoms with Crippen LogP contribution in [0.3, 0.4) is 0 Å². The average Bonchev–Trinajstić information content (AvgIpc) is 2.97. The van der Waals surface area contributed by atoms with Crippen LogP contribution in [0.15, 0.2) is 53.8 Å². The van der Waals surface area contributed by atoms with Gasteiger partial charge in [0.25, 0.3) is 5.91 Å². The Labute approximate surface area is 156 Å². The van der Waals surface area contributed by atoms with Crippen molar-refractivity contribution >= 4 is 23.7 Å². The van der Waals surface area contributed by atoms with E-state index in [1.807, 2.05) is 50.2 Å². The minimum Gasteiger partial charge on any atom is -0.266 e. The van der Waals surface area contributed by atoms with Crippen molar-refractivity contribution in [1.82, 2.24) is 20.2 Å². The Kier molecular flexibility index (Phi) is 5.43. The van der Waals surface area contributed by atoms with Crippen LogP contribution < -0.4 is 5.43 Å². The van der Waals surface area contributed by atoms with Crippen molar-refractivity contribution in [2.45, 2.75) is 20.3 Å². The number of aromatic nitrogens is 3. The molecule has 0 fully saturated rings. The van der Waals surface area contributed by atoms with E-state index in [0.29, 0.717) is 22.1 Å². The summed E-state index contributed by atoms with van der Waals surface area (Å²) in [5.41, 5.74) is 6.04. The highest BCUT2D eigenvalue weighted by molar-refractivity contribution is 6.32. The minimum atomic E-state index is -0.381. The fraction of sp³-hybridized carbons (Fsp3) is 0.158. The molecule has 1 N–H and O–H groups in total. The highest BCUT2D eigenvalue weighted by Crippen LogP contribution is 2.21. The van der Waals surface area contributed by atoms with E-state index in [1.165, 1.54) is 6.21 Å². The monoisotopic (exact) mass is 367 g/mol. The maximum absolute atomic E-state index is 12.1. The molecular weight excluding hydrogens is 350 g/mol. The van der Waals surface area contributed by atoms with E-state index in [0.717, 1.165) is 17.7 Å². The first kappa shape index (κ1) is 17.8. The van der Waals surface area contributed by atoms with E-state index < -0.39 is 0 Å². The molecule has 0 atom stereocenters. The summed E-state index contributed by atoms with van der Waals surface area (Å²) < 4.78 is 1.63. The Balaban J connectivity index is 1.74. The van der Waals surface area contributed by atoms with Crippen molar-refractivity contribution in [3.8, 4) is 5.69 Å². The van der Waals surface area contributed by atoms with Crippen LogP contribution in [-0.4, -0.2) is 26.9 Å². The topological polar surface area (TPSA) is 72.2 Å². The number of nitrogens with zero attached hydrogens (tertiary/aromatic N) is 4. The Bertz CT molecular complexity index is 933. The Hall–Kier alpha value is -2.99. The van der Waals surface area contributed by atoms with Crippen molar-refractivity contribution in [3.63, 3.8) is 0 Å². The average molecular weight is 368 g/mol. The maximum atomic E-state index is 12.1. The van der Waals surface area contributed by atoms with Crippen molar-refractivity contribution in [3.05, 3.63) is 76.3 Å². The largest absolute Gasteiger partial charge is 0.289 e. The van der Waals surface area contributed by atoms with Gasteiger partial charge in [-0.3, -0.25) is 9.78 Å². The van der Waals surface area contributed by atoms with Gasteiger partial charge in [0.1, 0.15) is 10.8 Å². The van der Waals surface area contributed by atoms with E-state index >= 15 is 0 Å². The van der Waals surface area contributed by atoms with E-state index in [4.69, 9.17) is 11.6 Å². The summed E-state index contributed by atoms with van der Waals surface area (Å²) in [6.45, 7) is 3.86. The molecule has 6 nitrogen and oxygen atoms in total. The van der Waals surface area contributed by atoms with Crippen molar-refractivity contribution < 1.29 is 4.79 Å². The molecular formula is C19H18ClN5O. The zero-order chi connectivity index (χ0) is 18.5. The molecule has 0 aliphatic heterocycles.